The monoisotopic (exact) mass is 368 g/mol. The third kappa shape index (κ3) is 3.99. The molecule has 1 N–H and O–H groups in total. The molecule has 25 heavy (non-hydrogen) atoms. The fourth-order valence-electron chi connectivity index (χ4n) is 4.30. The molecular formula is C19H26ClFN2O2. The van der Waals surface area contributed by atoms with Gasteiger partial charge in [0.1, 0.15) is 5.82 Å². The highest BCUT2D eigenvalue weighted by Gasteiger charge is 2.32. The first kappa shape index (κ1) is 18.6. The number of rotatable bonds is 4. The van der Waals surface area contributed by atoms with Gasteiger partial charge in [0.2, 0.25) is 0 Å². The first-order valence-corrected chi connectivity index (χ1v) is 9.13. The lowest BCUT2D eigenvalue weighted by Gasteiger charge is -2.33. The second-order valence-electron chi connectivity index (χ2n) is 7.51. The molecule has 138 valence electrons. The van der Waals surface area contributed by atoms with Gasteiger partial charge in [0.05, 0.1) is 11.3 Å². The van der Waals surface area contributed by atoms with Crippen molar-refractivity contribution in [3.8, 4) is 0 Å². The molecule has 1 saturated carbocycles. The smallest absolute Gasteiger partial charge is 0.170 e. The maximum absolute atomic E-state index is 13.3. The summed E-state index contributed by atoms with van der Waals surface area (Å²) in [6, 6.07) is 4.65. The fraction of sp³-hybridized carbons (Fsp3) is 0.632. The van der Waals surface area contributed by atoms with Crippen LogP contribution in [0, 0.1) is 5.82 Å². The van der Waals surface area contributed by atoms with E-state index in [1.807, 2.05) is 0 Å². The predicted molar refractivity (Wildman–Crippen MR) is 97.7 cm³/mol. The molecule has 0 spiro atoms. The second kappa shape index (κ2) is 7.60. The van der Waals surface area contributed by atoms with E-state index in [0.29, 0.717) is 11.5 Å². The van der Waals surface area contributed by atoms with Crippen LogP contribution in [0.4, 0.5) is 4.39 Å². The van der Waals surface area contributed by atoms with Crippen LogP contribution in [-0.2, 0) is 0 Å². The van der Waals surface area contributed by atoms with Gasteiger partial charge >= 0.3 is 0 Å². The largest absolute Gasteiger partial charge is 0.390 e. The molecule has 2 aromatic rings. The number of benzene rings is 1. The normalized spacial score (nSPS) is 21.5. The van der Waals surface area contributed by atoms with E-state index >= 15 is 0 Å². The van der Waals surface area contributed by atoms with Crippen molar-refractivity contribution in [2.45, 2.75) is 56.5 Å². The number of hydrogen-bond donors (Lipinski definition) is 1. The summed E-state index contributed by atoms with van der Waals surface area (Å²) in [4.78, 5) is 2.45. The molecule has 1 saturated heterocycles. The lowest BCUT2D eigenvalue weighted by molar-refractivity contribution is 0.0255. The lowest BCUT2D eigenvalue weighted by Crippen LogP contribution is -2.37. The number of piperidine rings is 1. The van der Waals surface area contributed by atoms with Crippen LogP contribution >= 0.6 is 12.4 Å². The first-order chi connectivity index (χ1) is 11.6. The van der Waals surface area contributed by atoms with Gasteiger partial charge < -0.3 is 14.5 Å². The van der Waals surface area contributed by atoms with Gasteiger partial charge in [0, 0.05) is 23.9 Å². The SMILES string of the molecule is Cl.OC1(CCN2CCC(c3noc4cc(F)ccc34)CC2)CCCC1. The van der Waals surface area contributed by atoms with E-state index in [0.717, 1.165) is 62.8 Å². The Morgan fingerprint density at radius 2 is 1.96 bits per heavy atom. The minimum absolute atomic E-state index is 0. The second-order valence-corrected chi connectivity index (χ2v) is 7.51. The number of likely N-dealkylation sites (tertiary alicyclic amines) is 1. The van der Waals surface area contributed by atoms with E-state index in [4.69, 9.17) is 4.52 Å². The molecule has 6 heteroatoms. The number of fused-ring (bicyclic) bond motifs is 1. The molecule has 1 aliphatic carbocycles. The van der Waals surface area contributed by atoms with Crippen molar-refractivity contribution in [3.05, 3.63) is 29.7 Å². The van der Waals surface area contributed by atoms with E-state index < -0.39 is 5.60 Å². The van der Waals surface area contributed by atoms with Crippen LogP contribution < -0.4 is 0 Å². The minimum Gasteiger partial charge on any atom is -0.390 e. The summed E-state index contributed by atoms with van der Waals surface area (Å²) in [5.41, 5.74) is 1.10. The van der Waals surface area contributed by atoms with Gasteiger partial charge in [-0.1, -0.05) is 18.0 Å². The Hall–Kier alpha value is -1.17. The molecule has 1 aromatic heterocycles. The Morgan fingerprint density at radius 3 is 2.68 bits per heavy atom. The number of aromatic nitrogens is 1. The summed E-state index contributed by atoms with van der Waals surface area (Å²) in [7, 11) is 0. The van der Waals surface area contributed by atoms with Crippen molar-refractivity contribution >= 4 is 23.4 Å². The fourth-order valence-corrected chi connectivity index (χ4v) is 4.30. The summed E-state index contributed by atoms with van der Waals surface area (Å²) in [5.74, 6) is 0.0902. The van der Waals surface area contributed by atoms with Gasteiger partial charge in [-0.05, 0) is 57.3 Å². The molecule has 4 rings (SSSR count). The molecule has 2 fully saturated rings. The van der Waals surface area contributed by atoms with Crippen LogP contribution in [0.5, 0.6) is 0 Å². The van der Waals surface area contributed by atoms with Gasteiger partial charge in [-0.15, -0.1) is 12.4 Å². The molecule has 0 atom stereocenters. The van der Waals surface area contributed by atoms with Crippen LogP contribution in [-0.4, -0.2) is 40.4 Å². The molecule has 1 aliphatic heterocycles. The number of hydrogen-bond acceptors (Lipinski definition) is 4. The van der Waals surface area contributed by atoms with E-state index in [1.165, 1.54) is 25.0 Å². The van der Waals surface area contributed by atoms with E-state index in [2.05, 4.69) is 10.1 Å². The van der Waals surface area contributed by atoms with Gasteiger partial charge in [0.15, 0.2) is 5.58 Å². The Bertz CT molecular complexity index is 707. The summed E-state index contributed by atoms with van der Waals surface area (Å²) < 4.78 is 18.6. The van der Waals surface area contributed by atoms with Crippen molar-refractivity contribution in [2.75, 3.05) is 19.6 Å². The lowest BCUT2D eigenvalue weighted by atomic mass is 9.91. The van der Waals surface area contributed by atoms with Crippen LogP contribution in [0.1, 0.15) is 56.6 Å². The van der Waals surface area contributed by atoms with E-state index in [9.17, 15) is 9.50 Å². The third-order valence-electron chi connectivity index (χ3n) is 5.86. The van der Waals surface area contributed by atoms with E-state index in [-0.39, 0.29) is 18.2 Å². The third-order valence-corrected chi connectivity index (χ3v) is 5.86. The highest BCUT2D eigenvalue weighted by atomic mass is 35.5. The minimum atomic E-state index is -0.413. The Balaban J connectivity index is 0.00000182. The van der Waals surface area contributed by atoms with Gasteiger partial charge in [0.25, 0.3) is 0 Å². The summed E-state index contributed by atoms with van der Waals surface area (Å²) in [6.45, 7) is 3.03. The summed E-state index contributed by atoms with van der Waals surface area (Å²) in [6.07, 6.45) is 7.23. The quantitative estimate of drug-likeness (QED) is 0.875. The number of halogens is 2. The summed E-state index contributed by atoms with van der Waals surface area (Å²) in [5, 5.41) is 15.6. The summed E-state index contributed by atoms with van der Waals surface area (Å²) >= 11 is 0. The highest BCUT2D eigenvalue weighted by molar-refractivity contribution is 5.85. The molecule has 0 bridgehead atoms. The van der Waals surface area contributed by atoms with Crippen molar-refractivity contribution < 1.29 is 14.0 Å². The molecule has 1 aromatic carbocycles. The average Bonchev–Trinajstić information content (AvgIpc) is 3.20. The van der Waals surface area contributed by atoms with Crippen LogP contribution in [0.15, 0.2) is 22.7 Å². The van der Waals surface area contributed by atoms with Crippen LogP contribution in [0.2, 0.25) is 0 Å². The van der Waals surface area contributed by atoms with Crippen molar-refractivity contribution in [1.29, 1.82) is 0 Å². The maximum Gasteiger partial charge on any atom is 0.170 e. The van der Waals surface area contributed by atoms with E-state index in [1.54, 1.807) is 6.07 Å². The Morgan fingerprint density at radius 1 is 1.24 bits per heavy atom. The number of nitrogens with zero attached hydrogens (tertiary/aromatic N) is 2. The zero-order valence-corrected chi connectivity index (χ0v) is 15.2. The van der Waals surface area contributed by atoms with Crippen molar-refractivity contribution in [3.63, 3.8) is 0 Å². The standard InChI is InChI=1S/C19H25FN2O2.ClH/c20-15-3-4-16-17(13-15)24-21-18(16)14-5-10-22(11-6-14)12-9-19(23)7-1-2-8-19;/h3-4,13-14,23H,1-2,5-12H2;1H. The Kier molecular flexibility index (Phi) is 5.66. The van der Waals surface area contributed by atoms with Gasteiger partial charge in [-0.2, -0.15) is 0 Å². The zero-order chi connectivity index (χ0) is 16.6. The molecule has 0 amide bonds. The van der Waals surface area contributed by atoms with Gasteiger partial charge in [-0.25, -0.2) is 4.39 Å². The molecule has 0 radical (unpaired) electrons. The maximum atomic E-state index is 13.3. The molecule has 2 heterocycles. The topological polar surface area (TPSA) is 49.5 Å². The molecule has 0 unspecified atom stereocenters. The predicted octanol–water partition coefficient (Wildman–Crippen LogP) is 4.26. The van der Waals surface area contributed by atoms with Crippen LogP contribution in [0.25, 0.3) is 11.0 Å². The average molecular weight is 369 g/mol. The van der Waals surface area contributed by atoms with Crippen LogP contribution in [0.3, 0.4) is 0 Å². The van der Waals surface area contributed by atoms with Crippen molar-refractivity contribution in [2.24, 2.45) is 0 Å². The van der Waals surface area contributed by atoms with Gasteiger partial charge in [-0.3, -0.25) is 0 Å². The first-order valence-electron chi connectivity index (χ1n) is 9.13. The van der Waals surface area contributed by atoms with Crippen molar-refractivity contribution in [1.82, 2.24) is 10.1 Å². The Labute approximate surface area is 153 Å². The zero-order valence-electron chi connectivity index (χ0n) is 14.4. The molecule has 2 aliphatic rings. The molecular weight excluding hydrogens is 343 g/mol. The highest BCUT2D eigenvalue weighted by Crippen LogP contribution is 2.35. The molecule has 4 nitrogen and oxygen atoms in total. The number of aliphatic hydroxyl groups is 1.